The van der Waals surface area contributed by atoms with Gasteiger partial charge in [-0.3, -0.25) is 0 Å². The molecule has 3 N–H and O–H groups in total. The van der Waals surface area contributed by atoms with Crippen LogP contribution in [-0.4, -0.2) is 18.0 Å². The number of rotatable bonds is 1. The van der Waals surface area contributed by atoms with E-state index in [0.29, 0.717) is 6.54 Å². The molecule has 0 saturated heterocycles. The zero-order chi connectivity index (χ0) is 6.53. The summed E-state index contributed by atoms with van der Waals surface area (Å²) in [6, 6.07) is 2.08. The van der Waals surface area contributed by atoms with Crippen LogP contribution in [0.4, 0.5) is 0 Å². The van der Waals surface area contributed by atoms with Crippen molar-refractivity contribution < 1.29 is 0 Å². The Morgan fingerprint density at radius 2 is 2.30 bits per heavy atom. The van der Waals surface area contributed by atoms with Crippen LogP contribution >= 0.6 is 0 Å². The van der Waals surface area contributed by atoms with Gasteiger partial charge in [-0.1, -0.05) is 12.2 Å². The number of nitrogens with zero attached hydrogens (tertiary/aromatic N) is 2. The summed E-state index contributed by atoms with van der Waals surface area (Å²) in [7, 11) is 0. The topological polar surface area (TPSA) is 62.0 Å². The predicted molar refractivity (Wildman–Crippen MR) is 40.5 cm³/mol. The van der Waals surface area contributed by atoms with E-state index in [1.54, 1.807) is 0 Å². The van der Waals surface area contributed by atoms with Crippen molar-refractivity contribution in [3.8, 4) is 6.07 Å². The van der Waals surface area contributed by atoms with E-state index in [9.17, 15) is 0 Å². The Hall–Kier alpha value is -1.27. The molecule has 0 aromatic rings. The van der Waals surface area contributed by atoms with Gasteiger partial charge in [0.25, 0.3) is 0 Å². The standard InChI is InChI=1S/C7H8N2.H3N/c8-4-7-9-5-2-1-3-6-9;/h1-3,5H,6-7H2;1H3. The summed E-state index contributed by atoms with van der Waals surface area (Å²) < 4.78 is 0. The summed E-state index contributed by atoms with van der Waals surface area (Å²) in [5, 5.41) is 8.27. The van der Waals surface area contributed by atoms with Crippen LogP contribution in [0.5, 0.6) is 0 Å². The fourth-order valence-corrected chi connectivity index (χ4v) is 0.715. The van der Waals surface area contributed by atoms with E-state index >= 15 is 0 Å². The van der Waals surface area contributed by atoms with Gasteiger partial charge in [-0.05, 0) is 6.08 Å². The van der Waals surface area contributed by atoms with E-state index in [4.69, 9.17) is 5.26 Å². The molecule has 54 valence electrons. The van der Waals surface area contributed by atoms with Crippen LogP contribution in [0.1, 0.15) is 0 Å². The third-order valence-corrected chi connectivity index (χ3v) is 1.16. The highest BCUT2D eigenvalue weighted by atomic mass is 15.1. The van der Waals surface area contributed by atoms with Gasteiger partial charge in [0, 0.05) is 12.7 Å². The van der Waals surface area contributed by atoms with Gasteiger partial charge >= 0.3 is 0 Å². The average Bonchev–Trinajstić information content (AvgIpc) is 1.91. The van der Waals surface area contributed by atoms with E-state index in [2.05, 4.69) is 6.07 Å². The lowest BCUT2D eigenvalue weighted by atomic mass is 10.3. The maximum atomic E-state index is 8.27. The molecule has 0 fully saturated rings. The fraction of sp³-hybridized carbons (Fsp3) is 0.286. The van der Waals surface area contributed by atoms with E-state index in [0.717, 1.165) is 6.54 Å². The van der Waals surface area contributed by atoms with E-state index in [-0.39, 0.29) is 6.15 Å². The zero-order valence-corrected chi connectivity index (χ0v) is 5.83. The molecule has 1 aliphatic rings. The first kappa shape index (κ1) is 8.73. The Labute approximate surface area is 60.8 Å². The zero-order valence-electron chi connectivity index (χ0n) is 5.83. The van der Waals surface area contributed by atoms with E-state index in [1.165, 1.54) is 0 Å². The minimum atomic E-state index is 0. The predicted octanol–water partition coefficient (Wildman–Crippen LogP) is 1.06. The van der Waals surface area contributed by atoms with Gasteiger partial charge in [0.2, 0.25) is 0 Å². The van der Waals surface area contributed by atoms with Crippen LogP contribution in [0.25, 0.3) is 0 Å². The quantitative estimate of drug-likeness (QED) is 0.549. The smallest absolute Gasteiger partial charge is 0.105 e. The maximum absolute atomic E-state index is 8.27. The summed E-state index contributed by atoms with van der Waals surface area (Å²) in [5.74, 6) is 0. The number of allylic oxidation sites excluding steroid dienone is 2. The molecule has 0 aliphatic carbocycles. The van der Waals surface area contributed by atoms with E-state index in [1.807, 2.05) is 29.3 Å². The first-order valence-electron chi connectivity index (χ1n) is 2.88. The van der Waals surface area contributed by atoms with Crippen LogP contribution < -0.4 is 6.15 Å². The lowest BCUT2D eigenvalue weighted by molar-refractivity contribution is 0.462. The van der Waals surface area contributed by atoms with Crippen molar-refractivity contribution in [3.63, 3.8) is 0 Å². The second-order valence-electron chi connectivity index (χ2n) is 1.86. The minimum absolute atomic E-state index is 0. The van der Waals surface area contributed by atoms with Crippen LogP contribution in [-0.2, 0) is 0 Å². The third kappa shape index (κ3) is 2.33. The van der Waals surface area contributed by atoms with Crippen LogP contribution in [0.3, 0.4) is 0 Å². The van der Waals surface area contributed by atoms with Crippen molar-refractivity contribution in [3.05, 3.63) is 24.4 Å². The Morgan fingerprint density at radius 1 is 1.50 bits per heavy atom. The van der Waals surface area contributed by atoms with Gasteiger partial charge in [0.1, 0.15) is 6.54 Å². The summed E-state index contributed by atoms with van der Waals surface area (Å²) in [4.78, 5) is 1.94. The molecule has 1 heterocycles. The Bertz CT molecular complexity index is 176. The summed E-state index contributed by atoms with van der Waals surface area (Å²) in [5.41, 5.74) is 0. The molecule has 0 bridgehead atoms. The molecule has 0 aromatic heterocycles. The first-order valence-corrected chi connectivity index (χ1v) is 2.88. The van der Waals surface area contributed by atoms with Crippen molar-refractivity contribution in [2.45, 2.75) is 0 Å². The molecule has 0 atom stereocenters. The molecular formula is C7H11N3. The van der Waals surface area contributed by atoms with Gasteiger partial charge in [0.05, 0.1) is 6.07 Å². The molecule has 0 saturated carbocycles. The maximum Gasteiger partial charge on any atom is 0.105 e. The minimum Gasteiger partial charge on any atom is -0.361 e. The number of nitriles is 1. The van der Waals surface area contributed by atoms with Crippen molar-refractivity contribution >= 4 is 0 Å². The highest BCUT2D eigenvalue weighted by Crippen LogP contribution is 1.95. The Kier molecular flexibility index (Phi) is 4.01. The van der Waals surface area contributed by atoms with Crippen molar-refractivity contribution in [2.75, 3.05) is 13.1 Å². The number of hydrogen-bond donors (Lipinski definition) is 1. The van der Waals surface area contributed by atoms with Crippen molar-refractivity contribution in [1.29, 1.82) is 5.26 Å². The molecule has 1 rings (SSSR count). The number of hydrogen-bond acceptors (Lipinski definition) is 3. The van der Waals surface area contributed by atoms with Gasteiger partial charge in [0.15, 0.2) is 0 Å². The van der Waals surface area contributed by atoms with Crippen molar-refractivity contribution in [1.82, 2.24) is 11.1 Å². The molecular weight excluding hydrogens is 126 g/mol. The molecule has 0 unspecified atom stereocenters. The average molecular weight is 137 g/mol. The lowest BCUT2D eigenvalue weighted by Gasteiger charge is -2.15. The van der Waals surface area contributed by atoms with Gasteiger partial charge in [-0.25, -0.2) is 0 Å². The van der Waals surface area contributed by atoms with Crippen LogP contribution in [0.15, 0.2) is 24.4 Å². The molecule has 3 heteroatoms. The lowest BCUT2D eigenvalue weighted by Crippen LogP contribution is -2.18. The SMILES string of the molecule is N.N#CCN1C=CC=CC1. The van der Waals surface area contributed by atoms with Gasteiger partial charge < -0.3 is 11.1 Å². The van der Waals surface area contributed by atoms with Gasteiger partial charge in [-0.15, -0.1) is 0 Å². The molecule has 0 radical (unpaired) electrons. The molecule has 0 spiro atoms. The Balaban J connectivity index is 0.000000810. The monoisotopic (exact) mass is 137 g/mol. The first-order chi connectivity index (χ1) is 4.43. The highest BCUT2D eigenvalue weighted by Gasteiger charge is 1.95. The molecule has 1 aliphatic heterocycles. The van der Waals surface area contributed by atoms with E-state index < -0.39 is 0 Å². The fourth-order valence-electron chi connectivity index (χ4n) is 0.715. The molecule has 3 nitrogen and oxygen atoms in total. The normalized spacial score (nSPS) is 14.1. The second kappa shape index (κ2) is 4.59. The summed E-state index contributed by atoms with van der Waals surface area (Å²) >= 11 is 0. The highest BCUT2D eigenvalue weighted by molar-refractivity contribution is 5.09. The van der Waals surface area contributed by atoms with Crippen LogP contribution in [0, 0.1) is 11.3 Å². The largest absolute Gasteiger partial charge is 0.361 e. The summed E-state index contributed by atoms with van der Waals surface area (Å²) in [6.07, 6.45) is 7.86. The third-order valence-electron chi connectivity index (χ3n) is 1.16. The summed E-state index contributed by atoms with van der Waals surface area (Å²) in [6.45, 7) is 1.35. The van der Waals surface area contributed by atoms with Crippen LogP contribution in [0.2, 0.25) is 0 Å². The van der Waals surface area contributed by atoms with Crippen molar-refractivity contribution in [2.24, 2.45) is 0 Å². The Morgan fingerprint density at radius 3 is 2.80 bits per heavy atom. The van der Waals surface area contributed by atoms with Gasteiger partial charge in [-0.2, -0.15) is 5.26 Å². The molecule has 0 aromatic carbocycles. The molecule has 0 amide bonds. The molecule has 10 heavy (non-hydrogen) atoms. The second-order valence-corrected chi connectivity index (χ2v) is 1.86.